The van der Waals surface area contributed by atoms with E-state index in [2.05, 4.69) is 4.98 Å². The van der Waals surface area contributed by atoms with Crippen LogP contribution in [0.4, 0.5) is 0 Å². The van der Waals surface area contributed by atoms with Gasteiger partial charge in [0.1, 0.15) is 0 Å². The van der Waals surface area contributed by atoms with Gasteiger partial charge < -0.3 is 4.90 Å². The molecule has 1 aliphatic rings. The summed E-state index contributed by atoms with van der Waals surface area (Å²) >= 11 is 0. The molecule has 0 N–H and O–H groups in total. The molecule has 0 radical (unpaired) electrons. The average Bonchev–Trinajstić information content (AvgIpc) is 2.47. The van der Waals surface area contributed by atoms with Gasteiger partial charge in [-0.2, -0.15) is 0 Å². The number of sulfone groups is 1. The molecule has 0 saturated carbocycles. The minimum atomic E-state index is -2.99. The number of pyridine rings is 1. The molecule has 5 nitrogen and oxygen atoms in total. The third-order valence-electron chi connectivity index (χ3n) is 3.55. The monoisotopic (exact) mass is 282 g/mol. The zero-order valence-electron chi connectivity index (χ0n) is 10.9. The van der Waals surface area contributed by atoms with Gasteiger partial charge in [-0.05, 0) is 25.0 Å². The summed E-state index contributed by atoms with van der Waals surface area (Å²) in [4.78, 5) is 17.8. The molecule has 1 aromatic heterocycles. The van der Waals surface area contributed by atoms with Gasteiger partial charge in [0.15, 0.2) is 9.84 Å². The molecule has 1 aromatic rings. The molecule has 104 valence electrons. The van der Waals surface area contributed by atoms with Crippen molar-refractivity contribution in [1.29, 1.82) is 0 Å². The highest BCUT2D eigenvalue weighted by molar-refractivity contribution is 7.92. The number of piperidine rings is 1. The predicted molar refractivity (Wildman–Crippen MR) is 72.6 cm³/mol. The minimum Gasteiger partial charge on any atom is -0.339 e. The van der Waals surface area contributed by atoms with Crippen molar-refractivity contribution >= 4 is 15.7 Å². The molecule has 6 heteroatoms. The second kappa shape index (κ2) is 5.69. The predicted octanol–water partition coefficient (Wildman–Crippen LogP) is 1.12. The Morgan fingerprint density at radius 1 is 1.42 bits per heavy atom. The number of nitrogens with zero attached hydrogens (tertiary/aromatic N) is 2. The van der Waals surface area contributed by atoms with E-state index in [1.54, 1.807) is 30.2 Å². The van der Waals surface area contributed by atoms with E-state index in [4.69, 9.17) is 0 Å². The Morgan fingerprint density at radius 2 is 2.11 bits per heavy atom. The summed E-state index contributed by atoms with van der Waals surface area (Å²) in [7, 11) is -2.99. The van der Waals surface area contributed by atoms with Crippen LogP contribution in [0, 0.1) is 0 Å². The normalized spacial score (nSPS) is 17.4. The van der Waals surface area contributed by atoms with Crippen LogP contribution < -0.4 is 0 Å². The Labute approximate surface area is 113 Å². The molecule has 0 spiro atoms. The SMILES string of the molecule is CCS(=O)(=O)C1CCN(C(=O)c2cccnc2)CC1. The van der Waals surface area contributed by atoms with Gasteiger partial charge in [0.25, 0.3) is 5.91 Å². The Balaban J connectivity index is 1.99. The van der Waals surface area contributed by atoms with Crippen LogP contribution in [0.15, 0.2) is 24.5 Å². The summed E-state index contributed by atoms with van der Waals surface area (Å²) in [5.74, 6) is 0.106. The summed E-state index contributed by atoms with van der Waals surface area (Å²) in [5.41, 5.74) is 0.555. The van der Waals surface area contributed by atoms with E-state index in [1.165, 1.54) is 6.20 Å². The molecule has 1 aliphatic heterocycles. The number of carbonyl (C=O) groups is 1. The van der Waals surface area contributed by atoms with Crippen LogP contribution in [-0.2, 0) is 9.84 Å². The summed E-state index contributed by atoms with van der Waals surface area (Å²) < 4.78 is 23.6. The van der Waals surface area contributed by atoms with Crippen molar-refractivity contribution in [2.75, 3.05) is 18.8 Å². The summed E-state index contributed by atoms with van der Waals surface area (Å²) in [5, 5.41) is -0.296. The van der Waals surface area contributed by atoms with Crippen molar-refractivity contribution in [3.05, 3.63) is 30.1 Å². The molecule has 1 saturated heterocycles. The first-order chi connectivity index (χ1) is 9.04. The first kappa shape index (κ1) is 14.0. The molecule has 0 bridgehead atoms. The summed E-state index contributed by atoms with van der Waals surface area (Å²) in [6.07, 6.45) is 4.22. The van der Waals surface area contributed by atoms with Crippen molar-refractivity contribution in [2.45, 2.75) is 25.0 Å². The number of aromatic nitrogens is 1. The van der Waals surface area contributed by atoms with Crippen LogP contribution in [0.25, 0.3) is 0 Å². The molecular weight excluding hydrogens is 264 g/mol. The van der Waals surface area contributed by atoms with Gasteiger partial charge in [-0.1, -0.05) is 6.92 Å². The molecule has 19 heavy (non-hydrogen) atoms. The van der Waals surface area contributed by atoms with E-state index in [0.717, 1.165) is 0 Å². The Morgan fingerprint density at radius 3 is 2.63 bits per heavy atom. The van der Waals surface area contributed by atoms with Crippen LogP contribution in [0.5, 0.6) is 0 Å². The molecule has 1 fully saturated rings. The number of amides is 1. The first-order valence-corrected chi connectivity index (χ1v) is 8.17. The Kier molecular flexibility index (Phi) is 4.19. The van der Waals surface area contributed by atoms with Crippen molar-refractivity contribution in [3.63, 3.8) is 0 Å². The number of likely N-dealkylation sites (tertiary alicyclic amines) is 1. The second-order valence-electron chi connectivity index (χ2n) is 4.68. The molecule has 0 aliphatic carbocycles. The first-order valence-electron chi connectivity index (χ1n) is 6.45. The van der Waals surface area contributed by atoms with Gasteiger partial charge in [0.2, 0.25) is 0 Å². The lowest BCUT2D eigenvalue weighted by Crippen LogP contribution is -2.42. The third kappa shape index (κ3) is 3.12. The third-order valence-corrected chi connectivity index (χ3v) is 5.84. The molecule has 2 heterocycles. The van der Waals surface area contributed by atoms with E-state index in [9.17, 15) is 13.2 Å². The Hall–Kier alpha value is -1.43. The van der Waals surface area contributed by atoms with Crippen LogP contribution in [0.3, 0.4) is 0 Å². The van der Waals surface area contributed by atoms with Gasteiger partial charge in [-0.25, -0.2) is 8.42 Å². The van der Waals surface area contributed by atoms with E-state index in [1.807, 2.05) is 0 Å². The van der Waals surface area contributed by atoms with E-state index in [-0.39, 0.29) is 16.9 Å². The summed E-state index contributed by atoms with van der Waals surface area (Å²) in [6.45, 7) is 2.66. The lowest BCUT2D eigenvalue weighted by molar-refractivity contribution is 0.0725. The maximum atomic E-state index is 12.2. The fraction of sp³-hybridized carbons (Fsp3) is 0.538. The average molecular weight is 282 g/mol. The van der Waals surface area contributed by atoms with E-state index < -0.39 is 9.84 Å². The lowest BCUT2D eigenvalue weighted by atomic mass is 10.1. The molecule has 0 unspecified atom stereocenters. The number of hydrogen-bond donors (Lipinski definition) is 0. The maximum absolute atomic E-state index is 12.2. The largest absolute Gasteiger partial charge is 0.339 e. The topological polar surface area (TPSA) is 67.3 Å². The van der Waals surface area contributed by atoms with E-state index >= 15 is 0 Å². The highest BCUT2D eigenvalue weighted by atomic mass is 32.2. The zero-order chi connectivity index (χ0) is 13.9. The van der Waals surface area contributed by atoms with Crippen molar-refractivity contribution in [1.82, 2.24) is 9.88 Å². The maximum Gasteiger partial charge on any atom is 0.255 e. The highest BCUT2D eigenvalue weighted by Gasteiger charge is 2.30. The minimum absolute atomic E-state index is 0.0690. The van der Waals surface area contributed by atoms with Crippen LogP contribution in [0.2, 0.25) is 0 Å². The quantitative estimate of drug-likeness (QED) is 0.833. The number of carbonyl (C=O) groups excluding carboxylic acids is 1. The van der Waals surface area contributed by atoms with Gasteiger partial charge in [-0.15, -0.1) is 0 Å². The van der Waals surface area contributed by atoms with Gasteiger partial charge in [0.05, 0.1) is 10.8 Å². The molecule has 1 amide bonds. The van der Waals surface area contributed by atoms with Crippen molar-refractivity contribution < 1.29 is 13.2 Å². The van der Waals surface area contributed by atoms with Crippen molar-refractivity contribution in [3.8, 4) is 0 Å². The second-order valence-corrected chi connectivity index (χ2v) is 7.25. The van der Waals surface area contributed by atoms with Crippen LogP contribution in [-0.4, -0.2) is 48.3 Å². The molecule has 0 aromatic carbocycles. The van der Waals surface area contributed by atoms with Crippen LogP contribution >= 0.6 is 0 Å². The standard InChI is InChI=1S/C13H18N2O3S/c1-2-19(17,18)12-5-8-15(9-6-12)13(16)11-4-3-7-14-10-11/h3-4,7,10,12H,2,5-6,8-9H2,1H3. The van der Waals surface area contributed by atoms with Gasteiger partial charge in [0, 0.05) is 31.2 Å². The van der Waals surface area contributed by atoms with Gasteiger partial charge in [-0.3, -0.25) is 9.78 Å². The summed E-state index contributed by atoms with van der Waals surface area (Å²) in [6, 6.07) is 3.45. The van der Waals surface area contributed by atoms with E-state index in [0.29, 0.717) is 31.5 Å². The molecule has 2 rings (SSSR count). The molecular formula is C13H18N2O3S. The number of hydrogen-bond acceptors (Lipinski definition) is 4. The molecule has 0 atom stereocenters. The van der Waals surface area contributed by atoms with Crippen molar-refractivity contribution in [2.24, 2.45) is 0 Å². The highest BCUT2D eigenvalue weighted by Crippen LogP contribution is 2.19. The van der Waals surface area contributed by atoms with Gasteiger partial charge >= 0.3 is 0 Å². The zero-order valence-corrected chi connectivity index (χ0v) is 11.8. The Bertz CT molecular complexity index is 534. The number of rotatable bonds is 3. The fourth-order valence-electron chi connectivity index (χ4n) is 2.33. The van der Waals surface area contributed by atoms with Crippen LogP contribution in [0.1, 0.15) is 30.1 Å². The lowest BCUT2D eigenvalue weighted by Gasteiger charge is -2.31. The fourth-order valence-corrected chi connectivity index (χ4v) is 3.73. The smallest absolute Gasteiger partial charge is 0.255 e.